The van der Waals surface area contributed by atoms with Crippen LogP contribution in [0.15, 0.2) is 77.5 Å². The number of hydrogen-bond acceptors (Lipinski definition) is 4. The zero-order valence-electron chi connectivity index (χ0n) is 17.6. The number of nitrogens with one attached hydrogen (secondary N) is 1. The van der Waals surface area contributed by atoms with E-state index in [1.54, 1.807) is 12.4 Å². The summed E-state index contributed by atoms with van der Waals surface area (Å²) in [7, 11) is 0. The number of rotatable bonds is 5. The monoisotopic (exact) mass is 489 g/mol. The number of nitrogens with zero attached hydrogens (tertiary/aromatic N) is 4. The zero-order chi connectivity index (χ0) is 21.9. The lowest BCUT2D eigenvalue weighted by molar-refractivity contribution is -0.121. The van der Waals surface area contributed by atoms with Crippen molar-refractivity contribution in [2.24, 2.45) is 5.92 Å². The van der Waals surface area contributed by atoms with Gasteiger partial charge >= 0.3 is 0 Å². The topological polar surface area (TPSA) is 63.1 Å². The number of carbonyl (C=O) groups is 1. The molecule has 1 aliphatic rings. The highest BCUT2D eigenvalue weighted by molar-refractivity contribution is 9.10. The summed E-state index contributed by atoms with van der Waals surface area (Å²) in [6.07, 6.45) is 5.06. The number of halogens is 1. The van der Waals surface area contributed by atoms with Crippen molar-refractivity contribution in [2.45, 2.75) is 19.4 Å². The van der Waals surface area contributed by atoms with Gasteiger partial charge in [0.2, 0.25) is 5.91 Å². The molecule has 5 rings (SSSR count). The molecule has 4 aromatic rings. The van der Waals surface area contributed by atoms with Gasteiger partial charge in [-0.25, -0.2) is 4.98 Å². The molecule has 0 saturated carbocycles. The standard InChI is InChI=1S/C25H24BrN5O/c26-19-5-3-7-21(15-19)31-23-9-2-1-8-22(23)29-24(31)17-30-13-10-18(11-14-30)25(32)28-20-6-4-12-27-16-20/h1-9,12,15-16,18H,10-11,13-14,17H2,(H,28,32). The molecule has 1 amide bonds. The highest BCUT2D eigenvalue weighted by Crippen LogP contribution is 2.26. The van der Waals surface area contributed by atoms with E-state index in [9.17, 15) is 4.79 Å². The highest BCUT2D eigenvalue weighted by Gasteiger charge is 2.26. The summed E-state index contributed by atoms with van der Waals surface area (Å²) in [5.74, 6) is 1.12. The van der Waals surface area contributed by atoms with Gasteiger partial charge in [-0.3, -0.25) is 19.2 Å². The summed E-state index contributed by atoms with van der Waals surface area (Å²) < 4.78 is 3.28. The van der Waals surface area contributed by atoms with Crippen molar-refractivity contribution in [2.75, 3.05) is 18.4 Å². The number of anilines is 1. The van der Waals surface area contributed by atoms with Crippen LogP contribution in [0.3, 0.4) is 0 Å². The van der Waals surface area contributed by atoms with Crippen LogP contribution in [0.25, 0.3) is 16.7 Å². The number of likely N-dealkylation sites (tertiary alicyclic amines) is 1. The van der Waals surface area contributed by atoms with E-state index in [-0.39, 0.29) is 11.8 Å². The number of piperidine rings is 1. The average molecular weight is 490 g/mol. The van der Waals surface area contributed by atoms with Crippen molar-refractivity contribution in [3.8, 4) is 5.69 Å². The second-order valence-corrected chi connectivity index (χ2v) is 9.03. The van der Waals surface area contributed by atoms with Crippen molar-refractivity contribution in [3.05, 3.63) is 83.4 Å². The lowest BCUT2D eigenvalue weighted by Crippen LogP contribution is -2.38. The molecule has 162 valence electrons. The summed E-state index contributed by atoms with van der Waals surface area (Å²) in [5, 5.41) is 2.99. The Labute approximate surface area is 195 Å². The first-order valence-corrected chi connectivity index (χ1v) is 11.6. The molecule has 2 aromatic carbocycles. The van der Waals surface area contributed by atoms with Crippen molar-refractivity contribution in [3.63, 3.8) is 0 Å². The van der Waals surface area contributed by atoms with E-state index in [1.807, 2.05) is 30.3 Å². The molecule has 1 saturated heterocycles. The van der Waals surface area contributed by atoms with E-state index < -0.39 is 0 Å². The van der Waals surface area contributed by atoms with Gasteiger partial charge in [-0.1, -0.05) is 34.1 Å². The van der Waals surface area contributed by atoms with Gasteiger partial charge in [-0.15, -0.1) is 0 Å². The number of fused-ring (bicyclic) bond motifs is 1. The Bertz CT molecular complexity index is 1230. The third-order valence-electron chi connectivity index (χ3n) is 5.95. The van der Waals surface area contributed by atoms with Crippen LogP contribution in [-0.2, 0) is 11.3 Å². The van der Waals surface area contributed by atoms with Gasteiger partial charge < -0.3 is 5.32 Å². The number of imidazole rings is 1. The lowest BCUT2D eigenvalue weighted by atomic mass is 9.96. The van der Waals surface area contributed by atoms with Crippen molar-refractivity contribution in [1.29, 1.82) is 0 Å². The smallest absolute Gasteiger partial charge is 0.227 e. The third kappa shape index (κ3) is 4.45. The van der Waals surface area contributed by atoms with E-state index in [0.29, 0.717) is 0 Å². The summed E-state index contributed by atoms with van der Waals surface area (Å²) in [5.41, 5.74) is 3.94. The Morgan fingerprint density at radius 1 is 1.06 bits per heavy atom. The Hall–Kier alpha value is -3.03. The fraction of sp³-hybridized carbons (Fsp3) is 0.240. The number of para-hydroxylation sites is 2. The lowest BCUT2D eigenvalue weighted by Gasteiger charge is -2.31. The Morgan fingerprint density at radius 3 is 2.69 bits per heavy atom. The largest absolute Gasteiger partial charge is 0.324 e. The molecule has 7 heteroatoms. The van der Waals surface area contributed by atoms with Gasteiger partial charge in [0, 0.05) is 22.3 Å². The first-order chi connectivity index (χ1) is 15.7. The SMILES string of the molecule is O=C(Nc1cccnc1)C1CCN(Cc2nc3ccccc3n2-c2cccc(Br)c2)CC1. The number of hydrogen-bond donors (Lipinski definition) is 1. The summed E-state index contributed by atoms with van der Waals surface area (Å²) in [6, 6.07) is 20.2. The van der Waals surface area contributed by atoms with Gasteiger partial charge in [0.15, 0.2) is 0 Å². The predicted octanol–water partition coefficient (Wildman–Crippen LogP) is 5.03. The summed E-state index contributed by atoms with van der Waals surface area (Å²) >= 11 is 3.59. The van der Waals surface area contributed by atoms with E-state index in [4.69, 9.17) is 4.98 Å². The third-order valence-corrected chi connectivity index (χ3v) is 6.44. The van der Waals surface area contributed by atoms with Crippen LogP contribution in [0, 0.1) is 5.92 Å². The van der Waals surface area contributed by atoms with Gasteiger partial charge in [-0.05, 0) is 68.4 Å². The minimum absolute atomic E-state index is 0.0235. The van der Waals surface area contributed by atoms with Crippen molar-refractivity contribution >= 4 is 38.6 Å². The van der Waals surface area contributed by atoms with Crippen LogP contribution in [0.4, 0.5) is 5.69 Å². The molecule has 0 bridgehead atoms. The maximum Gasteiger partial charge on any atom is 0.227 e. The van der Waals surface area contributed by atoms with E-state index in [2.05, 4.69) is 66.0 Å². The molecule has 1 aliphatic heterocycles. The second kappa shape index (κ2) is 9.22. The number of aromatic nitrogens is 3. The van der Waals surface area contributed by atoms with Gasteiger partial charge in [0.05, 0.1) is 29.5 Å². The van der Waals surface area contributed by atoms with Crippen molar-refractivity contribution in [1.82, 2.24) is 19.4 Å². The number of amides is 1. The normalized spacial score (nSPS) is 15.2. The molecule has 32 heavy (non-hydrogen) atoms. The molecule has 2 aromatic heterocycles. The maximum absolute atomic E-state index is 12.6. The molecule has 3 heterocycles. The first kappa shape index (κ1) is 20.8. The zero-order valence-corrected chi connectivity index (χ0v) is 19.2. The molecule has 0 aliphatic carbocycles. The quantitative estimate of drug-likeness (QED) is 0.426. The predicted molar refractivity (Wildman–Crippen MR) is 130 cm³/mol. The van der Waals surface area contributed by atoms with E-state index in [0.717, 1.165) is 65.2 Å². The maximum atomic E-state index is 12.6. The molecule has 0 atom stereocenters. The molecule has 1 fully saturated rings. The minimum Gasteiger partial charge on any atom is -0.324 e. The average Bonchev–Trinajstić information content (AvgIpc) is 3.18. The molecule has 6 nitrogen and oxygen atoms in total. The van der Waals surface area contributed by atoms with Gasteiger partial charge in [0.25, 0.3) is 0 Å². The Morgan fingerprint density at radius 2 is 1.91 bits per heavy atom. The molecular formula is C25H24BrN5O. The van der Waals surface area contributed by atoms with E-state index in [1.165, 1.54) is 0 Å². The minimum atomic E-state index is 0.0235. The molecule has 0 radical (unpaired) electrons. The Balaban J connectivity index is 1.31. The fourth-order valence-electron chi connectivity index (χ4n) is 4.32. The van der Waals surface area contributed by atoms with Crippen LogP contribution in [0.1, 0.15) is 18.7 Å². The number of benzene rings is 2. The number of carbonyl (C=O) groups excluding carboxylic acids is 1. The summed E-state index contributed by atoms with van der Waals surface area (Å²) in [6.45, 7) is 2.48. The summed E-state index contributed by atoms with van der Waals surface area (Å²) in [4.78, 5) is 24.0. The van der Waals surface area contributed by atoms with Crippen LogP contribution in [-0.4, -0.2) is 38.4 Å². The van der Waals surface area contributed by atoms with Crippen LogP contribution in [0.5, 0.6) is 0 Å². The van der Waals surface area contributed by atoms with Crippen LogP contribution < -0.4 is 5.32 Å². The molecule has 1 N–H and O–H groups in total. The molecule has 0 spiro atoms. The first-order valence-electron chi connectivity index (χ1n) is 10.8. The van der Waals surface area contributed by atoms with Crippen molar-refractivity contribution < 1.29 is 4.79 Å². The van der Waals surface area contributed by atoms with Crippen LogP contribution >= 0.6 is 15.9 Å². The van der Waals surface area contributed by atoms with Gasteiger partial charge in [-0.2, -0.15) is 0 Å². The number of pyridine rings is 1. The Kier molecular flexibility index (Phi) is 6.01. The van der Waals surface area contributed by atoms with Crippen LogP contribution in [0.2, 0.25) is 0 Å². The molecular weight excluding hydrogens is 466 g/mol. The molecule has 0 unspecified atom stereocenters. The van der Waals surface area contributed by atoms with E-state index >= 15 is 0 Å². The fourth-order valence-corrected chi connectivity index (χ4v) is 4.71. The second-order valence-electron chi connectivity index (χ2n) is 8.11. The highest BCUT2D eigenvalue weighted by atomic mass is 79.9. The van der Waals surface area contributed by atoms with Gasteiger partial charge in [0.1, 0.15) is 5.82 Å².